The summed E-state index contributed by atoms with van der Waals surface area (Å²) in [5.74, 6) is 1.57. The summed E-state index contributed by atoms with van der Waals surface area (Å²) in [7, 11) is 1.99. The van der Waals surface area contributed by atoms with E-state index in [-0.39, 0.29) is 5.91 Å². The summed E-state index contributed by atoms with van der Waals surface area (Å²) in [4.78, 5) is 20.8. The number of amides is 1. The number of benzene rings is 1. The van der Waals surface area contributed by atoms with Gasteiger partial charge in [0.15, 0.2) is 0 Å². The second-order valence-corrected chi connectivity index (χ2v) is 8.29. The van der Waals surface area contributed by atoms with Gasteiger partial charge in [-0.2, -0.15) is 0 Å². The van der Waals surface area contributed by atoms with Crippen LogP contribution in [0, 0.1) is 5.92 Å². The van der Waals surface area contributed by atoms with Gasteiger partial charge in [-0.25, -0.2) is 4.98 Å². The number of rotatable bonds is 6. The van der Waals surface area contributed by atoms with E-state index in [9.17, 15) is 4.79 Å². The van der Waals surface area contributed by atoms with Crippen molar-refractivity contribution in [3.8, 4) is 0 Å². The molecule has 2 aromatic heterocycles. The van der Waals surface area contributed by atoms with Gasteiger partial charge in [0.2, 0.25) is 0 Å². The molecule has 1 amide bonds. The van der Waals surface area contributed by atoms with E-state index in [0.717, 1.165) is 60.0 Å². The van der Waals surface area contributed by atoms with Crippen LogP contribution in [0.2, 0.25) is 0 Å². The second kappa shape index (κ2) is 8.80. The van der Waals surface area contributed by atoms with Gasteiger partial charge in [-0.15, -0.1) is 11.8 Å². The van der Waals surface area contributed by atoms with Crippen LogP contribution in [0.5, 0.6) is 0 Å². The molecule has 1 N–H and O–H groups in total. The van der Waals surface area contributed by atoms with Crippen LogP contribution in [0.1, 0.15) is 28.9 Å². The number of carbonyl (C=O) groups is 1. The van der Waals surface area contributed by atoms with Crippen LogP contribution >= 0.6 is 11.8 Å². The average molecular weight is 395 g/mol. The normalized spacial score (nSPS) is 15.2. The van der Waals surface area contributed by atoms with E-state index in [0.29, 0.717) is 5.92 Å². The molecule has 0 atom stereocenters. The number of nitrogens with zero attached hydrogens (tertiary/aromatic N) is 3. The molecule has 1 saturated heterocycles. The minimum absolute atomic E-state index is 0.154. The maximum absolute atomic E-state index is 13.1. The van der Waals surface area contributed by atoms with E-state index < -0.39 is 0 Å². The minimum Gasteiger partial charge on any atom is -0.339 e. The molecule has 1 fully saturated rings. The number of hydrogen-bond donors (Lipinski definition) is 1. The number of pyridine rings is 1. The van der Waals surface area contributed by atoms with Gasteiger partial charge in [-0.3, -0.25) is 4.79 Å². The predicted octanol–water partition coefficient (Wildman–Crippen LogP) is 3.70. The third-order valence-electron chi connectivity index (χ3n) is 5.30. The van der Waals surface area contributed by atoms with Crippen LogP contribution in [0.15, 0.2) is 59.8 Å². The molecule has 0 saturated carbocycles. The maximum Gasteiger partial charge on any atom is 0.254 e. The monoisotopic (exact) mass is 394 g/mol. The molecule has 6 heteroatoms. The summed E-state index contributed by atoms with van der Waals surface area (Å²) in [6.07, 6.45) is 6.21. The second-order valence-electron chi connectivity index (χ2n) is 7.28. The number of likely N-dealkylation sites (tertiary alicyclic amines) is 1. The van der Waals surface area contributed by atoms with Crippen LogP contribution in [-0.4, -0.2) is 46.9 Å². The van der Waals surface area contributed by atoms with Crippen molar-refractivity contribution in [2.24, 2.45) is 5.92 Å². The first-order chi connectivity index (χ1) is 13.7. The van der Waals surface area contributed by atoms with E-state index in [4.69, 9.17) is 0 Å². The molecular weight excluding hydrogens is 368 g/mol. The van der Waals surface area contributed by atoms with Crippen molar-refractivity contribution in [3.63, 3.8) is 0 Å². The summed E-state index contributed by atoms with van der Waals surface area (Å²) in [5.41, 5.74) is 2.78. The smallest absolute Gasteiger partial charge is 0.254 e. The highest BCUT2D eigenvalue weighted by atomic mass is 32.2. The molecule has 5 nitrogen and oxygen atoms in total. The minimum atomic E-state index is 0.154. The topological polar surface area (TPSA) is 49.6 Å². The highest BCUT2D eigenvalue weighted by molar-refractivity contribution is 7.98. The van der Waals surface area contributed by atoms with Gasteiger partial charge in [0, 0.05) is 36.1 Å². The van der Waals surface area contributed by atoms with Crippen molar-refractivity contribution in [1.82, 2.24) is 19.6 Å². The molecule has 0 aliphatic carbocycles. The van der Waals surface area contributed by atoms with Gasteiger partial charge in [-0.1, -0.05) is 18.2 Å². The number of nitrogens with one attached hydrogen (secondary N) is 1. The molecule has 0 spiro atoms. The van der Waals surface area contributed by atoms with E-state index in [1.54, 1.807) is 11.8 Å². The lowest BCUT2D eigenvalue weighted by Crippen LogP contribution is -2.40. The molecule has 0 radical (unpaired) electrons. The Hall–Kier alpha value is -2.31. The van der Waals surface area contributed by atoms with Crippen molar-refractivity contribution >= 4 is 23.3 Å². The van der Waals surface area contributed by atoms with Gasteiger partial charge in [0.25, 0.3) is 5.91 Å². The largest absolute Gasteiger partial charge is 0.339 e. The van der Waals surface area contributed by atoms with E-state index >= 15 is 0 Å². The number of piperidine rings is 1. The van der Waals surface area contributed by atoms with E-state index in [1.807, 2.05) is 65.0 Å². The van der Waals surface area contributed by atoms with Crippen molar-refractivity contribution in [2.75, 3.05) is 26.7 Å². The average Bonchev–Trinajstić information content (AvgIpc) is 3.16. The molecule has 146 valence electrons. The number of imidazole rings is 1. The first-order valence-corrected chi connectivity index (χ1v) is 10.8. The van der Waals surface area contributed by atoms with Crippen LogP contribution in [0.25, 0.3) is 5.65 Å². The number of hydrogen-bond acceptors (Lipinski definition) is 4. The Kier molecular flexibility index (Phi) is 5.98. The Morgan fingerprint density at radius 1 is 1.18 bits per heavy atom. The lowest BCUT2D eigenvalue weighted by atomic mass is 9.96. The predicted molar refractivity (Wildman–Crippen MR) is 114 cm³/mol. The molecule has 0 unspecified atom stereocenters. The molecule has 3 heterocycles. The Balaban J connectivity index is 1.44. The van der Waals surface area contributed by atoms with Gasteiger partial charge >= 0.3 is 0 Å². The van der Waals surface area contributed by atoms with Gasteiger partial charge < -0.3 is 14.6 Å². The van der Waals surface area contributed by atoms with Gasteiger partial charge in [0.1, 0.15) is 5.65 Å². The highest BCUT2D eigenvalue weighted by Crippen LogP contribution is 2.28. The molecule has 1 aliphatic rings. The fraction of sp³-hybridized carbons (Fsp3) is 0.364. The summed E-state index contributed by atoms with van der Waals surface area (Å²) in [6.45, 7) is 2.72. The molecule has 28 heavy (non-hydrogen) atoms. The third-order valence-corrected chi connectivity index (χ3v) is 6.41. The molecule has 0 bridgehead atoms. The molecule has 1 aliphatic heterocycles. The third kappa shape index (κ3) is 4.23. The summed E-state index contributed by atoms with van der Waals surface area (Å²) in [6, 6.07) is 13.9. The first-order valence-electron chi connectivity index (χ1n) is 9.83. The number of fused-ring (bicyclic) bond motifs is 1. The van der Waals surface area contributed by atoms with Crippen molar-refractivity contribution < 1.29 is 4.79 Å². The van der Waals surface area contributed by atoms with Crippen LogP contribution < -0.4 is 5.32 Å². The fourth-order valence-corrected chi connectivity index (χ4v) is 4.70. The van der Waals surface area contributed by atoms with Crippen LogP contribution in [-0.2, 0) is 5.75 Å². The number of thioether (sulfide) groups is 1. The SMILES string of the molecule is CNCC1CCN(C(=O)c2ccccc2SCc2cn3ccccc3n2)CC1. The zero-order chi connectivity index (χ0) is 19.3. The lowest BCUT2D eigenvalue weighted by Gasteiger charge is -2.32. The zero-order valence-corrected chi connectivity index (χ0v) is 17.0. The Morgan fingerprint density at radius 3 is 2.75 bits per heavy atom. The van der Waals surface area contributed by atoms with E-state index in [1.165, 1.54) is 0 Å². The quantitative estimate of drug-likeness (QED) is 0.648. The molecular formula is C22H26N4OS. The maximum atomic E-state index is 13.1. The Morgan fingerprint density at radius 2 is 1.96 bits per heavy atom. The Bertz CT molecular complexity index is 913. The van der Waals surface area contributed by atoms with Crippen molar-refractivity contribution in [3.05, 3.63) is 66.1 Å². The summed E-state index contributed by atoms with van der Waals surface area (Å²) < 4.78 is 2.03. The van der Waals surface area contributed by atoms with Crippen LogP contribution in [0.3, 0.4) is 0 Å². The van der Waals surface area contributed by atoms with Crippen molar-refractivity contribution in [2.45, 2.75) is 23.5 Å². The summed E-state index contributed by atoms with van der Waals surface area (Å²) >= 11 is 1.68. The summed E-state index contributed by atoms with van der Waals surface area (Å²) in [5, 5.41) is 3.25. The molecule has 3 aromatic rings. The fourth-order valence-electron chi connectivity index (χ4n) is 3.78. The Labute approximate surface area is 170 Å². The standard InChI is InChI=1S/C22H26N4OS/c1-23-14-17-9-12-25(13-10-17)22(27)19-6-2-3-7-20(19)28-16-18-15-26-11-5-4-8-21(26)24-18/h2-8,11,15,17,23H,9-10,12-14,16H2,1H3. The lowest BCUT2D eigenvalue weighted by molar-refractivity contribution is 0.0687. The number of carbonyl (C=O) groups excluding carboxylic acids is 1. The van der Waals surface area contributed by atoms with Crippen LogP contribution in [0.4, 0.5) is 0 Å². The molecule has 4 rings (SSSR count). The van der Waals surface area contributed by atoms with Crippen molar-refractivity contribution in [1.29, 1.82) is 0 Å². The zero-order valence-electron chi connectivity index (χ0n) is 16.2. The highest BCUT2D eigenvalue weighted by Gasteiger charge is 2.24. The molecule has 1 aromatic carbocycles. The van der Waals surface area contributed by atoms with E-state index in [2.05, 4.69) is 16.5 Å². The first kappa shape index (κ1) is 19.0. The van der Waals surface area contributed by atoms with Gasteiger partial charge in [-0.05, 0) is 56.6 Å². The number of aromatic nitrogens is 2. The van der Waals surface area contributed by atoms with Gasteiger partial charge in [0.05, 0.1) is 11.3 Å².